The van der Waals surface area contributed by atoms with Gasteiger partial charge in [-0.2, -0.15) is 0 Å². The minimum absolute atomic E-state index is 0.582. The van der Waals surface area contributed by atoms with Crippen LogP contribution >= 0.6 is 23.2 Å². The number of benzene rings is 1. The molecule has 1 aromatic carbocycles. The van der Waals surface area contributed by atoms with Gasteiger partial charge in [-0.1, -0.05) is 29.3 Å². The average molecular weight is 288 g/mol. The molecule has 2 rings (SSSR count). The van der Waals surface area contributed by atoms with E-state index in [0.717, 1.165) is 26.1 Å². The number of halogens is 2. The van der Waals surface area contributed by atoms with Crippen molar-refractivity contribution in [1.29, 1.82) is 0 Å². The van der Waals surface area contributed by atoms with E-state index in [1.165, 1.54) is 12.0 Å². The van der Waals surface area contributed by atoms with Gasteiger partial charge in [0.1, 0.15) is 0 Å². The van der Waals surface area contributed by atoms with Crippen molar-refractivity contribution in [3.63, 3.8) is 0 Å². The molecule has 0 bridgehead atoms. The SMILES string of the molecule is COC[C@@H]1CNCCC1Cc1ccc(Cl)c(Cl)c1. The van der Waals surface area contributed by atoms with Gasteiger partial charge in [0.2, 0.25) is 0 Å². The highest BCUT2D eigenvalue weighted by Gasteiger charge is 2.25. The molecule has 100 valence electrons. The topological polar surface area (TPSA) is 21.3 Å². The Balaban J connectivity index is 2.03. The third-order valence-electron chi connectivity index (χ3n) is 3.63. The van der Waals surface area contributed by atoms with Crippen molar-refractivity contribution in [1.82, 2.24) is 5.32 Å². The number of nitrogens with one attached hydrogen (secondary N) is 1. The second-order valence-electron chi connectivity index (χ2n) is 4.92. The molecule has 1 aliphatic heterocycles. The van der Waals surface area contributed by atoms with Gasteiger partial charge in [0.25, 0.3) is 0 Å². The molecule has 1 aromatic rings. The first-order chi connectivity index (χ1) is 8.70. The zero-order valence-electron chi connectivity index (χ0n) is 10.6. The van der Waals surface area contributed by atoms with Crippen LogP contribution in [0.3, 0.4) is 0 Å². The maximum Gasteiger partial charge on any atom is 0.0595 e. The van der Waals surface area contributed by atoms with Crippen LogP contribution in [0.2, 0.25) is 10.0 Å². The van der Waals surface area contributed by atoms with Crippen molar-refractivity contribution in [3.8, 4) is 0 Å². The van der Waals surface area contributed by atoms with Crippen molar-refractivity contribution >= 4 is 23.2 Å². The molecule has 0 saturated carbocycles. The molecule has 0 amide bonds. The molecule has 1 saturated heterocycles. The first kappa shape index (κ1) is 14.1. The van der Waals surface area contributed by atoms with Gasteiger partial charge in [0.05, 0.1) is 16.7 Å². The van der Waals surface area contributed by atoms with Crippen LogP contribution in [0.25, 0.3) is 0 Å². The lowest BCUT2D eigenvalue weighted by atomic mass is 9.82. The highest BCUT2D eigenvalue weighted by Crippen LogP contribution is 2.28. The van der Waals surface area contributed by atoms with Crippen molar-refractivity contribution in [3.05, 3.63) is 33.8 Å². The Kier molecular flexibility index (Phi) is 5.31. The van der Waals surface area contributed by atoms with Crippen LogP contribution in [0.1, 0.15) is 12.0 Å². The van der Waals surface area contributed by atoms with Gasteiger partial charge < -0.3 is 10.1 Å². The largest absolute Gasteiger partial charge is 0.384 e. The maximum atomic E-state index is 6.06. The fourth-order valence-electron chi connectivity index (χ4n) is 2.62. The summed E-state index contributed by atoms with van der Waals surface area (Å²) >= 11 is 12.0. The highest BCUT2D eigenvalue weighted by molar-refractivity contribution is 6.42. The number of hydrogen-bond acceptors (Lipinski definition) is 2. The summed E-state index contributed by atoms with van der Waals surface area (Å²) in [5.41, 5.74) is 1.26. The van der Waals surface area contributed by atoms with Gasteiger partial charge in [-0.3, -0.25) is 0 Å². The van der Waals surface area contributed by atoms with Crippen LogP contribution in [0.5, 0.6) is 0 Å². The predicted molar refractivity (Wildman–Crippen MR) is 76.5 cm³/mol. The maximum absolute atomic E-state index is 6.06. The van der Waals surface area contributed by atoms with Gasteiger partial charge in [-0.05, 0) is 48.9 Å². The van der Waals surface area contributed by atoms with E-state index in [4.69, 9.17) is 27.9 Å². The lowest BCUT2D eigenvalue weighted by molar-refractivity contribution is 0.102. The molecule has 1 fully saturated rings. The molecule has 1 unspecified atom stereocenters. The summed E-state index contributed by atoms with van der Waals surface area (Å²) in [5.74, 6) is 1.24. The Bertz CT molecular complexity index is 395. The van der Waals surface area contributed by atoms with Crippen molar-refractivity contribution in [2.45, 2.75) is 12.8 Å². The number of piperidine rings is 1. The van der Waals surface area contributed by atoms with Crippen LogP contribution < -0.4 is 5.32 Å². The summed E-state index contributed by atoms with van der Waals surface area (Å²) in [5, 5.41) is 4.70. The van der Waals surface area contributed by atoms with Gasteiger partial charge in [0.15, 0.2) is 0 Å². The Morgan fingerprint density at radius 2 is 2.11 bits per heavy atom. The average Bonchev–Trinajstić information content (AvgIpc) is 2.37. The first-order valence-corrected chi connectivity index (χ1v) is 7.10. The van der Waals surface area contributed by atoms with Crippen LogP contribution in [0.4, 0.5) is 0 Å². The van der Waals surface area contributed by atoms with Gasteiger partial charge in [0, 0.05) is 13.7 Å². The number of rotatable bonds is 4. The van der Waals surface area contributed by atoms with Gasteiger partial charge in [-0.25, -0.2) is 0 Å². The second-order valence-corrected chi connectivity index (χ2v) is 5.74. The molecular weight excluding hydrogens is 269 g/mol. The number of methoxy groups -OCH3 is 1. The summed E-state index contributed by atoms with van der Waals surface area (Å²) in [4.78, 5) is 0. The second kappa shape index (κ2) is 6.76. The molecule has 1 aliphatic rings. The summed E-state index contributed by atoms with van der Waals surface area (Å²) in [6.45, 7) is 2.95. The van der Waals surface area contributed by atoms with E-state index in [9.17, 15) is 0 Å². The molecule has 2 nitrogen and oxygen atoms in total. The van der Waals surface area contributed by atoms with Crippen molar-refractivity contribution in [2.24, 2.45) is 11.8 Å². The zero-order valence-corrected chi connectivity index (χ0v) is 12.1. The third-order valence-corrected chi connectivity index (χ3v) is 4.37. The molecular formula is C14H19Cl2NO. The van der Waals surface area contributed by atoms with E-state index >= 15 is 0 Å². The lowest BCUT2D eigenvalue weighted by Crippen LogP contribution is -2.39. The monoisotopic (exact) mass is 287 g/mol. The number of hydrogen-bond donors (Lipinski definition) is 1. The van der Waals surface area contributed by atoms with Crippen molar-refractivity contribution < 1.29 is 4.74 Å². The van der Waals surface area contributed by atoms with E-state index in [2.05, 4.69) is 11.4 Å². The minimum Gasteiger partial charge on any atom is -0.384 e. The molecule has 4 heteroatoms. The molecule has 1 heterocycles. The Hall–Kier alpha value is -0.280. The molecule has 0 spiro atoms. The quantitative estimate of drug-likeness (QED) is 0.916. The van der Waals surface area contributed by atoms with Gasteiger partial charge >= 0.3 is 0 Å². The van der Waals surface area contributed by atoms with E-state index in [1.54, 1.807) is 7.11 Å². The molecule has 1 N–H and O–H groups in total. The summed E-state index contributed by atoms with van der Waals surface area (Å²) < 4.78 is 5.30. The third kappa shape index (κ3) is 3.61. The minimum atomic E-state index is 0.582. The van der Waals surface area contributed by atoms with E-state index in [1.807, 2.05) is 12.1 Å². The Labute approximate surface area is 119 Å². The molecule has 0 radical (unpaired) electrons. The first-order valence-electron chi connectivity index (χ1n) is 6.34. The molecule has 0 aliphatic carbocycles. The van der Waals surface area contributed by atoms with Gasteiger partial charge in [-0.15, -0.1) is 0 Å². The number of ether oxygens (including phenoxy) is 1. The Morgan fingerprint density at radius 1 is 1.28 bits per heavy atom. The summed E-state index contributed by atoms with van der Waals surface area (Å²) in [6.07, 6.45) is 2.24. The fourth-order valence-corrected chi connectivity index (χ4v) is 2.95. The fraction of sp³-hybridized carbons (Fsp3) is 0.571. The molecule has 18 heavy (non-hydrogen) atoms. The van der Waals surface area contributed by atoms with Crippen LogP contribution in [0.15, 0.2) is 18.2 Å². The predicted octanol–water partition coefficient (Wildman–Crippen LogP) is 3.41. The summed E-state index contributed by atoms with van der Waals surface area (Å²) in [7, 11) is 1.77. The standard InChI is InChI=1S/C14H19Cl2NO/c1-18-9-12-8-17-5-4-11(12)6-10-2-3-13(15)14(16)7-10/h2-3,7,11-12,17H,4-6,8-9H2,1H3/t11?,12-/m0/s1. The van der Waals surface area contributed by atoms with E-state index in [0.29, 0.717) is 21.9 Å². The van der Waals surface area contributed by atoms with Crippen molar-refractivity contribution in [2.75, 3.05) is 26.8 Å². The van der Waals surface area contributed by atoms with E-state index in [-0.39, 0.29) is 0 Å². The smallest absolute Gasteiger partial charge is 0.0595 e. The molecule has 0 aromatic heterocycles. The lowest BCUT2D eigenvalue weighted by Gasteiger charge is -2.31. The van der Waals surface area contributed by atoms with Crippen LogP contribution in [0, 0.1) is 11.8 Å². The summed E-state index contributed by atoms with van der Waals surface area (Å²) in [6, 6.07) is 5.93. The Morgan fingerprint density at radius 3 is 2.83 bits per heavy atom. The normalized spacial score (nSPS) is 24.2. The van der Waals surface area contributed by atoms with Crippen LogP contribution in [-0.4, -0.2) is 26.8 Å². The zero-order chi connectivity index (χ0) is 13.0. The van der Waals surface area contributed by atoms with Crippen LogP contribution in [-0.2, 0) is 11.2 Å². The van der Waals surface area contributed by atoms with E-state index < -0.39 is 0 Å². The highest BCUT2D eigenvalue weighted by atomic mass is 35.5. The molecule has 2 atom stereocenters.